The van der Waals surface area contributed by atoms with E-state index < -0.39 is 5.79 Å². The lowest BCUT2D eigenvalue weighted by atomic mass is 10.2. The molecule has 14 heavy (non-hydrogen) atoms. The van der Waals surface area contributed by atoms with Gasteiger partial charge in [0.05, 0.1) is 13.2 Å². The van der Waals surface area contributed by atoms with Crippen molar-refractivity contribution in [1.82, 2.24) is 4.90 Å². The van der Waals surface area contributed by atoms with Crippen molar-refractivity contribution in [1.29, 1.82) is 0 Å². The first kappa shape index (κ1) is 11.4. The number of carbonyl (C=O) groups is 1. The lowest BCUT2D eigenvalue weighted by Crippen LogP contribution is -2.54. The number of ether oxygens (including phenoxy) is 3. The van der Waals surface area contributed by atoms with Gasteiger partial charge in [0.2, 0.25) is 5.79 Å². The second-order valence-corrected chi connectivity index (χ2v) is 3.63. The summed E-state index contributed by atoms with van der Waals surface area (Å²) in [6.45, 7) is 2.39. The Morgan fingerprint density at radius 2 is 1.93 bits per heavy atom. The molecule has 5 nitrogen and oxygen atoms in total. The average molecular weight is 203 g/mol. The van der Waals surface area contributed by atoms with Gasteiger partial charge in [-0.1, -0.05) is 0 Å². The molecule has 0 saturated carbocycles. The predicted octanol–water partition coefficient (Wildman–Crippen LogP) is -0.147. The Kier molecular flexibility index (Phi) is 3.47. The predicted molar refractivity (Wildman–Crippen MR) is 49.8 cm³/mol. The second-order valence-electron chi connectivity index (χ2n) is 3.63. The molecule has 82 valence electrons. The molecule has 0 aromatic carbocycles. The van der Waals surface area contributed by atoms with Crippen LogP contribution in [0.4, 0.5) is 0 Å². The molecular weight excluding hydrogens is 186 g/mol. The highest BCUT2D eigenvalue weighted by atomic mass is 16.7. The highest BCUT2D eigenvalue weighted by Crippen LogP contribution is 2.21. The minimum Gasteiger partial charge on any atom is -0.377 e. The van der Waals surface area contributed by atoms with Crippen LogP contribution >= 0.6 is 0 Å². The summed E-state index contributed by atoms with van der Waals surface area (Å²) in [6, 6.07) is 0. The molecule has 0 aliphatic carbocycles. The van der Waals surface area contributed by atoms with E-state index in [1.54, 1.807) is 28.1 Å². The summed E-state index contributed by atoms with van der Waals surface area (Å²) in [4.78, 5) is 13.1. The molecule has 0 radical (unpaired) electrons. The van der Waals surface area contributed by atoms with E-state index in [4.69, 9.17) is 14.2 Å². The highest BCUT2D eigenvalue weighted by Gasteiger charge is 2.41. The van der Waals surface area contributed by atoms with E-state index in [2.05, 4.69) is 0 Å². The molecule has 0 bridgehead atoms. The Labute approximate surface area is 83.9 Å². The van der Waals surface area contributed by atoms with Crippen molar-refractivity contribution in [2.45, 2.75) is 18.8 Å². The maximum absolute atomic E-state index is 11.6. The van der Waals surface area contributed by atoms with Gasteiger partial charge in [-0.05, 0) is 6.92 Å². The third kappa shape index (κ3) is 2.23. The molecule has 1 rings (SSSR count). The molecule has 0 N–H and O–H groups in total. The van der Waals surface area contributed by atoms with Crippen molar-refractivity contribution < 1.29 is 19.0 Å². The summed E-state index contributed by atoms with van der Waals surface area (Å²) in [7, 11) is 4.93. The van der Waals surface area contributed by atoms with Gasteiger partial charge in [0.15, 0.2) is 0 Å². The van der Waals surface area contributed by atoms with Crippen LogP contribution in [0, 0.1) is 0 Å². The molecule has 5 heteroatoms. The highest BCUT2D eigenvalue weighted by molar-refractivity contribution is 5.82. The van der Waals surface area contributed by atoms with E-state index in [1.807, 2.05) is 0 Å². The first-order valence-electron chi connectivity index (χ1n) is 4.52. The Bertz CT molecular complexity index is 209. The summed E-state index contributed by atoms with van der Waals surface area (Å²) in [5.74, 6) is -1.34. The van der Waals surface area contributed by atoms with E-state index in [9.17, 15) is 4.79 Å². The molecule has 1 aliphatic rings. The van der Waals surface area contributed by atoms with Crippen molar-refractivity contribution >= 4 is 5.91 Å². The van der Waals surface area contributed by atoms with E-state index in [-0.39, 0.29) is 12.0 Å². The molecule has 0 spiro atoms. The van der Waals surface area contributed by atoms with Gasteiger partial charge in [-0.2, -0.15) is 0 Å². The lowest BCUT2D eigenvalue weighted by molar-refractivity contribution is -0.276. The molecule has 1 aliphatic heterocycles. The molecule has 0 atom stereocenters. The second kappa shape index (κ2) is 4.25. The number of nitrogens with zero attached hydrogens (tertiary/aromatic N) is 1. The normalized spacial score (nSPS) is 32.7. The Morgan fingerprint density at radius 1 is 1.43 bits per heavy atom. The zero-order valence-electron chi connectivity index (χ0n) is 9.07. The fourth-order valence-corrected chi connectivity index (χ4v) is 1.26. The largest absolute Gasteiger partial charge is 0.377 e. The monoisotopic (exact) mass is 203 g/mol. The number of amides is 1. The van der Waals surface area contributed by atoms with Crippen molar-refractivity contribution in [2.24, 2.45) is 0 Å². The first-order valence-corrected chi connectivity index (χ1v) is 4.52. The SMILES string of the molecule is COC1COC(C)(C(=O)N(C)C)OC1. The average Bonchev–Trinajstić information content (AvgIpc) is 2.18. The zero-order chi connectivity index (χ0) is 10.8. The Balaban J connectivity index is 2.57. The van der Waals surface area contributed by atoms with Crippen molar-refractivity contribution in [3.8, 4) is 0 Å². The van der Waals surface area contributed by atoms with Gasteiger partial charge < -0.3 is 19.1 Å². The van der Waals surface area contributed by atoms with E-state index in [0.29, 0.717) is 13.2 Å². The summed E-state index contributed by atoms with van der Waals surface area (Å²) >= 11 is 0. The molecule has 1 heterocycles. The molecule has 1 fully saturated rings. The van der Waals surface area contributed by atoms with Crippen LogP contribution in [0.3, 0.4) is 0 Å². The van der Waals surface area contributed by atoms with Gasteiger partial charge in [-0.25, -0.2) is 0 Å². The zero-order valence-corrected chi connectivity index (χ0v) is 9.07. The molecular formula is C9H17NO4. The number of methoxy groups -OCH3 is 1. The maximum atomic E-state index is 11.6. The summed E-state index contributed by atoms with van der Waals surface area (Å²) < 4.78 is 15.8. The van der Waals surface area contributed by atoms with Crippen LogP contribution in [0.25, 0.3) is 0 Å². The van der Waals surface area contributed by atoms with Crippen molar-refractivity contribution in [2.75, 3.05) is 34.4 Å². The molecule has 0 aromatic rings. The third-order valence-corrected chi connectivity index (χ3v) is 2.22. The minimum atomic E-state index is -1.15. The lowest BCUT2D eigenvalue weighted by Gasteiger charge is -2.37. The fraction of sp³-hybridized carbons (Fsp3) is 0.889. The first-order chi connectivity index (χ1) is 6.49. The van der Waals surface area contributed by atoms with Gasteiger partial charge in [-0.15, -0.1) is 0 Å². The minimum absolute atomic E-state index is 0.0852. The standard InChI is InChI=1S/C9H17NO4/c1-9(8(11)10(2)3)13-5-7(12-4)6-14-9/h7H,5-6H2,1-4H3. The number of likely N-dealkylation sites (N-methyl/N-ethyl adjacent to an activating group) is 1. The topological polar surface area (TPSA) is 48.0 Å². The van der Waals surface area contributed by atoms with Gasteiger partial charge in [0.25, 0.3) is 5.91 Å². The number of hydrogen-bond acceptors (Lipinski definition) is 4. The fourth-order valence-electron chi connectivity index (χ4n) is 1.26. The van der Waals surface area contributed by atoms with Crippen LogP contribution in [-0.4, -0.2) is 57.1 Å². The van der Waals surface area contributed by atoms with Gasteiger partial charge in [-0.3, -0.25) is 4.79 Å². The molecule has 1 saturated heterocycles. The Morgan fingerprint density at radius 3 is 2.29 bits per heavy atom. The van der Waals surface area contributed by atoms with E-state index in [0.717, 1.165) is 0 Å². The van der Waals surface area contributed by atoms with Crippen LogP contribution in [-0.2, 0) is 19.0 Å². The van der Waals surface area contributed by atoms with Crippen LogP contribution in [0.1, 0.15) is 6.92 Å². The molecule has 1 amide bonds. The number of carbonyl (C=O) groups excluding carboxylic acids is 1. The van der Waals surface area contributed by atoms with Gasteiger partial charge >= 0.3 is 0 Å². The summed E-state index contributed by atoms with van der Waals surface area (Å²) in [5.41, 5.74) is 0. The van der Waals surface area contributed by atoms with E-state index >= 15 is 0 Å². The number of hydrogen-bond donors (Lipinski definition) is 0. The van der Waals surface area contributed by atoms with Crippen LogP contribution in [0.5, 0.6) is 0 Å². The van der Waals surface area contributed by atoms with E-state index in [1.165, 1.54) is 4.90 Å². The third-order valence-electron chi connectivity index (χ3n) is 2.22. The van der Waals surface area contributed by atoms with Crippen molar-refractivity contribution in [3.05, 3.63) is 0 Å². The van der Waals surface area contributed by atoms with Crippen LogP contribution in [0.15, 0.2) is 0 Å². The van der Waals surface area contributed by atoms with Gasteiger partial charge in [0, 0.05) is 21.2 Å². The molecule has 0 unspecified atom stereocenters. The quantitative estimate of drug-likeness (QED) is 0.626. The Hall–Kier alpha value is -0.650. The maximum Gasteiger partial charge on any atom is 0.282 e. The van der Waals surface area contributed by atoms with Gasteiger partial charge in [0.1, 0.15) is 6.10 Å². The number of rotatable bonds is 2. The van der Waals surface area contributed by atoms with Crippen LogP contribution in [0.2, 0.25) is 0 Å². The van der Waals surface area contributed by atoms with Crippen molar-refractivity contribution in [3.63, 3.8) is 0 Å². The van der Waals surface area contributed by atoms with Crippen LogP contribution < -0.4 is 0 Å². The summed E-state index contributed by atoms with van der Waals surface area (Å²) in [6.07, 6.45) is -0.0852. The summed E-state index contributed by atoms with van der Waals surface area (Å²) in [5, 5.41) is 0. The molecule has 0 aromatic heterocycles. The smallest absolute Gasteiger partial charge is 0.282 e.